The molecule has 0 aliphatic rings. The third-order valence-electron chi connectivity index (χ3n) is 3.75. The lowest BCUT2D eigenvalue weighted by molar-refractivity contribution is 0.505. The van der Waals surface area contributed by atoms with Crippen molar-refractivity contribution in [2.75, 3.05) is 5.73 Å². The minimum absolute atomic E-state index is 0.0677. The van der Waals surface area contributed by atoms with E-state index in [1.807, 2.05) is 0 Å². The fraction of sp³-hybridized carbons (Fsp3) is 0.125. The fourth-order valence-electron chi connectivity index (χ4n) is 2.56. The van der Waals surface area contributed by atoms with Gasteiger partial charge in [0.1, 0.15) is 0 Å². The van der Waals surface area contributed by atoms with Crippen molar-refractivity contribution >= 4 is 16.7 Å². The molecular formula is C16H11F4N3O. The van der Waals surface area contributed by atoms with Gasteiger partial charge in [0.05, 0.1) is 5.52 Å². The van der Waals surface area contributed by atoms with E-state index in [-0.39, 0.29) is 22.0 Å². The van der Waals surface area contributed by atoms with Gasteiger partial charge >= 0.3 is 0 Å². The SMILES string of the molecule is Cc1cn(-c2nc(N)c(F)cc2F)c2c(C)c(F)c(F)cc2c1=O. The van der Waals surface area contributed by atoms with Gasteiger partial charge in [0.25, 0.3) is 0 Å². The summed E-state index contributed by atoms with van der Waals surface area (Å²) in [4.78, 5) is 15.9. The Balaban J connectivity index is 2.55. The van der Waals surface area contributed by atoms with E-state index in [1.54, 1.807) is 0 Å². The Morgan fingerprint density at radius 1 is 1.04 bits per heavy atom. The molecule has 0 unspecified atom stereocenters. The predicted octanol–water partition coefficient (Wildman–Crippen LogP) is 3.14. The summed E-state index contributed by atoms with van der Waals surface area (Å²) >= 11 is 0. The second kappa shape index (κ2) is 5.33. The largest absolute Gasteiger partial charge is 0.381 e. The molecule has 3 rings (SSSR count). The van der Waals surface area contributed by atoms with Crippen molar-refractivity contribution in [3.63, 3.8) is 0 Å². The number of anilines is 1. The highest BCUT2D eigenvalue weighted by Crippen LogP contribution is 2.26. The van der Waals surface area contributed by atoms with Crippen LogP contribution in [-0.4, -0.2) is 9.55 Å². The molecule has 0 fully saturated rings. The first kappa shape index (κ1) is 16.0. The van der Waals surface area contributed by atoms with Crippen LogP contribution in [-0.2, 0) is 0 Å². The molecule has 2 N–H and O–H groups in total. The molecule has 0 spiro atoms. The van der Waals surface area contributed by atoms with Crippen molar-refractivity contribution in [3.8, 4) is 5.82 Å². The number of benzene rings is 1. The molecule has 0 aliphatic heterocycles. The lowest BCUT2D eigenvalue weighted by Gasteiger charge is -2.15. The van der Waals surface area contributed by atoms with Crippen LogP contribution in [0.5, 0.6) is 0 Å². The second-order valence-electron chi connectivity index (χ2n) is 5.37. The summed E-state index contributed by atoms with van der Waals surface area (Å²) in [6, 6.07) is 1.28. The third kappa shape index (κ3) is 2.22. The Labute approximate surface area is 133 Å². The second-order valence-corrected chi connectivity index (χ2v) is 5.37. The van der Waals surface area contributed by atoms with Crippen molar-refractivity contribution in [1.82, 2.24) is 9.55 Å². The summed E-state index contributed by atoms with van der Waals surface area (Å²) in [6.07, 6.45) is 1.22. The van der Waals surface area contributed by atoms with Gasteiger partial charge < -0.3 is 5.73 Å². The molecule has 24 heavy (non-hydrogen) atoms. The number of hydrogen-bond acceptors (Lipinski definition) is 3. The number of nitrogens with two attached hydrogens (primary N) is 1. The summed E-state index contributed by atoms with van der Waals surface area (Å²) in [5.74, 6) is -5.45. The van der Waals surface area contributed by atoms with Crippen molar-refractivity contribution in [2.45, 2.75) is 13.8 Å². The molecule has 0 aliphatic carbocycles. The number of rotatable bonds is 1. The first-order valence-corrected chi connectivity index (χ1v) is 6.84. The lowest BCUT2D eigenvalue weighted by atomic mass is 10.1. The van der Waals surface area contributed by atoms with Crippen molar-refractivity contribution in [1.29, 1.82) is 0 Å². The number of hydrogen-bond donors (Lipinski definition) is 1. The lowest BCUT2D eigenvalue weighted by Crippen LogP contribution is -2.16. The minimum atomic E-state index is -1.19. The van der Waals surface area contributed by atoms with E-state index in [1.165, 1.54) is 20.0 Å². The smallest absolute Gasteiger partial charge is 0.192 e. The Kier molecular flexibility index (Phi) is 3.55. The molecule has 124 valence electrons. The number of aryl methyl sites for hydroxylation is 2. The topological polar surface area (TPSA) is 60.9 Å². The maximum Gasteiger partial charge on any atom is 0.192 e. The number of fused-ring (bicyclic) bond motifs is 1. The number of pyridine rings is 2. The highest BCUT2D eigenvalue weighted by molar-refractivity contribution is 5.84. The third-order valence-corrected chi connectivity index (χ3v) is 3.75. The molecule has 2 aromatic heterocycles. The van der Waals surface area contributed by atoms with Crippen LogP contribution in [0.15, 0.2) is 23.1 Å². The summed E-state index contributed by atoms with van der Waals surface area (Å²) in [7, 11) is 0. The molecule has 0 amide bonds. The van der Waals surface area contributed by atoms with E-state index >= 15 is 0 Å². The van der Waals surface area contributed by atoms with Crippen LogP contribution in [0.4, 0.5) is 23.4 Å². The van der Waals surface area contributed by atoms with Gasteiger partial charge in [-0.2, -0.15) is 0 Å². The summed E-state index contributed by atoms with van der Waals surface area (Å²) in [5, 5.41) is -0.143. The monoisotopic (exact) mass is 337 g/mol. The quantitative estimate of drug-likeness (QED) is 0.694. The zero-order valence-electron chi connectivity index (χ0n) is 12.6. The average Bonchev–Trinajstić information content (AvgIpc) is 2.52. The number of nitrogens with zero attached hydrogens (tertiary/aromatic N) is 2. The molecule has 4 nitrogen and oxygen atoms in total. The number of aromatic nitrogens is 2. The van der Waals surface area contributed by atoms with Gasteiger partial charge in [-0.05, 0) is 19.9 Å². The van der Waals surface area contributed by atoms with Crippen molar-refractivity contribution in [3.05, 3.63) is 62.9 Å². The van der Waals surface area contributed by atoms with E-state index in [0.717, 1.165) is 10.6 Å². The fourth-order valence-corrected chi connectivity index (χ4v) is 2.56. The molecule has 3 aromatic rings. The molecule has 1 aromatic carbocycles. The first-order chi connectivity index (χ1) is 11.2. The molecular weight excluding hydrogens is 326 g/mol. The average molecular weight is 337 g/mol. The molecule has 0 saturated carbocycles. The first-order valence-electron chi connectivity index (χ1n) is 6.84. The van der Waals surface area contributed by atoms with E-state index in [2.05, 4.69) is 4.98 Å². The summed E-state index contributed by atoms with van der Waals surface area (Å²) < 4.78 is 56.2. The van der Waals surface area contributed by atoms with Crippen LogP contribution in [0.25, 0.3) is 16.7 Å². The Morgan fingerprint density at radius 2 is 1.71 bits per heavy atom. The summed E-state index contributed by atoms with van der Waals surface area (Å²) in [5.41, 5.74) is 4.72. The van der Waals surface area contributed by atoms with Crippen LogP contribution in [0.2, 0.25) is 0 Å². The summed E-state index contributed by atoms with van der Waals surface area (Å²) in [6.45, 7) is 2.68. The predicted molar refractivity (Wildman–Crippen MR) is 81.1 cm³/mol. The maximum absolute atomic E-state index is 14.2. The zero-order chi connectivity index (χ0) is 17.8. The highest BCUT2D eigenvalue weighted by Gasteiger charge is 2.20. The zero-order valence-corrected chi connectivity index (χ0v) is 12.6. The van der Waals surface area contributed by atoms with Gasteiger partial charge in [0.2, 0.25) is 0 Å². The van der Waals surface area contributed by atoms with E-state index in [9.17, 15) is 22.4 Å². The van der Waals surface area contributed by atoms with Gasteiger partial charge in [-0.3, -0.25) is 9.36 Å². The van der Waals surface area contributed by atoms with Gasteiger partial charge in [0, 0.05) is 28.8 Å². The molecule has 0 radical (unpaired) electrons. The van der Waals surface area contributed by atoms with Crippen LogP contribution < -0.4 is 11.2 Å². The van der Waals surface area contributed by atoms with Crippen molar-refractivity contribution in [2.24, 2.45) is 0 Å². The Morgan fingerprint density at radius 3 is 2.38 bits per heavy atom. The highest BCUT2D eigenvalue weighted by atomic mass is 19.2. The van der Waals surface area contributed by atoms with E-state index in [4.69, 9.17) is 5.73 Å². The molecule has 8 heteroatoms. The molecule has 2 heterocycles. The van der Waals surface area contributed by atoms with Crippen LogP contribution in [0.3, 0.4) is 0 Å². The minimum Gasteiger partial charge on any atom is -0.381 e. The van der Waals surface area contributed by atoms with Gasteiger partial charge in [-0.25, -0.2) is 22.5 Å². The van der Waals surface area contributed by atoms with E-state index in [0.29, 0.717) is 6.07 Å². The van der Waals surface area contributed by atoms with Crippen LogP contribution in [0.1, 0.15) is 11.1 Å². The molecule has 0 bridgehead atoms. The van der Waals surface area contributed by atoms with Gasteiger partial charge in [-0.15, -0.1) is 0 Å². The molecule has 0 atom stereocenters. The van der Waals surface area contributed by atoms with Crippen LogP contribution in [0, 0.1) is 37.1 Å². The Bertz CT molecular complexity index is 1060. The van der Waals surface area contributed by atoms with Crippen molar-refractivity contribution < 1.29 is 17.6 Å². The van der Waals surface area contributed by atoms with E-state index < -0.39 is 40.3 Å². The number of halogens is 4. The van der Waals surface area contributed by atoms with Gasteiger partial charge in [0.15, 0.2) is 40.3 Å². The Hall–Kier alpha value is -2.90. The number of nitrogen functional groups attached to an aromatic ring is 1. The van der Waals surface area contributed by atoms with Gasteiger partial charge in [-0.1, -0.05) is 0 Å². The maximum atomic E-state index is 14.2. The normalized spacial score (nSPS) is 11.2. The standard InChI is InChI=1S/C16H11F4N3O/c1-6-5-23(16-11(19)4-10(18)15(21)22-16)13-7(2)12(20)9(17)3-8(13)14(6)24/h3-5H,1-2H3,(H2,21,22). The molecule has 0 saturated heterocycles. The van der Waals surface area contributed by atoms with Crippen LogP contribution >= 0.6 is 0 Å².